The minimum absolute atomic E-state index is 0.115. The summed E-state index contributed by atoms with van der Waals surface area (Å²) in [6, 6.07) is 9.69. The first-order chi connectivity index (χ1) is 10.2. The Kier molecular flexibility index (Phi) is 5.51. The van der Waals surface area contributed by atoms with Crippen LogP contribution >= 0.6 is 0 Å². The minimum Gasteiger partial charge on any atom is -0.364 e. The van der Waals surface area contributed by atoms with E-state index in [0.29, 0.717) is 6.61 Å². The van der Waals surface area contributed by atoms with Gasteiger partial charge in [-0.05, 0) is 18.9 Å². The SMILES string of the molecule is CCC(NC(=O)C(C)OCc1ccccc1)c1ncc[nH]1. The molecule has 0 radical (unpaired) electrons. The quantitative estimate of drug-likeness (QED) is 0.822. The minimum atomic E-state index is -0.505. The molecule has 2 rings (SSSR count). The summed E-state index contributed by atoms with van der Waals surface area (Å²) in [4.78, 5) is 19.4. The van der Waals surface area contributed by atoms with Gasteiger partial charge >= 0.3 is 0 Å². The first kappa shape index (κ1) is 15.3. The molecule has 5 heteroatoms. The molecule has 21 heavy (non-hydrogen) atoms. The van der Waals surface area contributed by atoms with E-state index in [2.05, 4.69) is 15.3 Å². The third kappa shape index (κ3) is 4.43. The fraction of sp³-hybridized carbons (Fsp3) is 0.375. The summed E-state index contributed by atoms with van der Waals surface area (Å²) < 4.78 is 5.61. The predicted octanol–water partition coefficient (Wildman–Crippen LogP) is 2.58. The second-order valence-electron chi connectivity index (χ2n) is 4.88. The van der Waals surface area contributed by atoms with Gasteiger partial charge in [0.2, 0.25) is 5.91 Å². The zero-order valence-corrected chi connectivity index (χ0v) is 12.4. The Labute approximate surface area is 124 Å². The number of hydrogen-bond acceptors (Lipinski definition) is 3. The second kappa shape index (κ2) is 7.59. The van der Waals surface area contributed by atoms with E-state index in [0.717, 1.165) is 17.8 Å². The molecule has 0 aliphatic carbocycles. The molecule has 1 aromatic heterocycles. The summed E-state index contributed by atoms with van der Waals surface area (Å²) in [5, 5.41) is 2.95. The van der Waals surface area contributed by atoms with E-state index in [9.17, 15) is 4.79 Å². The normalized spacial score (nSPS) is 13.6. The molecule has 5 nitrogen and oxygen atoms in total. The van der Waals surface area contributed by atoms with Crippen LogP contribution in [0.3, 0.4) is 0 Å². The van der Waals surface area contributed by atoms with Crippen molar-refractivity contribution in [3.8, 4) is 0 Å². The smallest absolute Gasteiger partial charge is 0.249 e. The Hall–Kier alpha value is -2.14. The molecule has 1 amide bonds. The standard InChI is InChI=1S/C16H21N3O2/c1-3-14(15-17-9-10-18-15)19-16(20)12(2)21-11-13-7-5-4-6-8-13/h4-10,12,14H,3,11H2,1-2H3,(H,17,18)(H,19,20). The highest BCUT2D eigenvalue weighted by atomic mass is 16.5. The molecular formula is C16H21N3O2. The molecule has 0 saturated carbocycles. The first-order valence-corrected chi connectivity index (χ1v) is 7.16. The van der Waals surface area contributed by atoms with Crippen LogP contribution in [0.1, 0.15) is 37.7 Å². The lowest BCUT2D eigenvalue weighted by atomic mass is 10.2. The molecule has 0 aliphatic rings. The van der Waals surface area contributed by atoms with Gasteiger partial charge in [-0.1, -0.05) is 37.3 Å². The van der Waals surface area contributed by atoms with Crippen molar-refractivity contribution in [1.29, 1.82) is 0 Å². The van der Waals surface area contributed by atoms with E-state index in [1.165, 1.54) is 0 Å². The molecule has 0 spiro atoms. The van der Waals surface area contributed by atoms with Crippen LogP contribution in [0.2, 0.25) is 0 Å². The van der Waals surface area contributed by atoms with Gasteiger partial charge < -0.3 is 15.0 Å². The number of amides is 1. The fourth-order valence-electron chi connectivity index (χ4n) is 1.99. The van der Waals surface area contributed by atoms with Crippen molar-refractivity contribution >= 4 is 5.91 Å². The second-order valence-corrected chi connectivity index (χ2v) is 4.88. The monoisotopic (exact) mass is 287 g/mol. The van der Waals surface area contributed by atoms with Gasteiger partial charge in [0.1, 0.15) is 11.9 Å². The Morgan fingerprint density at radius 1 is 1.38 bits per heavy atom. The van der Waals surface area contributed by atoms with Crippen molar-refractivity contribution in [2.75, 3.05) is 0 Å². The van der Waals surface area contributed by atoms with Crippen molar-refractivity contribution < 1.29 is 9.53 Å². The van der Waals surface area contributed by atoms with Crippen LogP contribution in [0.15, 0.2) is 42.7 Å². The lowest BCUT2D eigenvalue weighted by molar-refractivity contribution is -0.133. The van der Waals surface area contributed by atoms with Crippen LogP contribution in [0, 0.1) is 0 Å². The number of carbonyl (C=O) groups is 1. The molecule has 2 aromatic rings. The van der Waals surface area contributed by atoms with E-state index in [-0.39, 0.29) is 11.9 Å². The highest BCUT2D eigenvalue weighted by Crippen LogP contribution is 2.12. The van der Waals surface area contributed by atoms with Gasteiger partial charge in [0.05, 0.1) is 12.6 Å². The maximum atomic E-state index is 12.2. The van der Waals surface area contributed by atoms with Gasteiger partial charge in [0, 0.05) is 12.4 Å². The molecule has 2 unspecified atom stereocenters. The Morgan fingerprint density at radius 2 is 2.14 bits per heavy atom. The van der Waals surface area contributed by atoms with Crippen LogP contribution in [-0.2, 0) is 16.1 Å². The lowest BCUT2D eigenvalue weighted by Crippen LogP contribution is -2.37. The summed E-state index contributed by atoms with van der Waals surface area (Å²) in [5.74, 6) is 0.635. The largest absolute Gasteiger partial charge is 0.364 e. The highest BCUT2D eigenvalue weighted by molar-refractivity contribution is 5.80. The molecule has 1 aromatic carbocycles. The predicted molar refractivity (Wildman–Crippen MR) is 80.5 cm³/mol. The van der Waals surface area contributed by atoms with Crippen molar-refractivity contribution in [2.24, 2.45) is 0 Å². The van der Waals surface area contributed by atoms with Crippen LogP contribution in [0.25, 0.3) is 0 Å². The first-order valence-electron chi connectivity index (χ1n) is 7.16. The third-order valence-corrected chi connectivity index (χ3v) is 3.29. The maximum absolute atomic E-state index is 12.2. The van der Waals surface area contributed by atoms with E-state index >= 15 is 0 Å². The number of ether oxygens (including phenoxy) is 1. The molecule has 2 atom stereocenters. The molecule has 0 fully saturated rings. The van der Waals surface area contributed by atoms with Gasteiger partial charge in [-0.25, -0.2) is 4.98 Å². The van der Waals surface area contributed by atoms with Crippen molar-refractivity contribution in [3.63, 3.8) is 0 Å². The zero-order valence-electron chi connectivity index (χ0n) is 12.4. The average molecular weight is 287 g/mol. The summed E-state index contributed by atoms with van der Waals surface area (Å²) in [6.45, 7) is 4.18. The van der Waals surface area contributed by atoms with Gasteiger partial charge in [-0.3, -0.25) is 4.79 Å². The van der Waals surface area contributed by atoms with Crippen molar-refractivity contribution in [2.45, 2.75) is 39.0 Å². The average Bonchev–Trinajstić information content (AvgIpc) is 3.05. The molecular weight excluding hydrogens is 266 g/mol. The lowest BCUT2D eigenvalue weighted by Gasteiger charge is -2.18. The summed E-state index contributed by atoms with van der Waals surface area (Å²) in [5.41, 5.74) is 1.05. The Balaban J connectivity index is 1.84. The number of aromatic amines is 1. The molecule has 2 N–H and O–H groups in total. The van der Waals surface area contributed by atoms with Crippen LogP contribution in [0.4, 0.5) is 0 Å². The van der Waals surface area contributed by atoms with Gasteiger partial charge in [0.15, 0.2) is 0 Å². The number of rotatable bonds is 7. The van der Waals surface area contributed by atoms with Crippen LogP contribution in [0.5, 0.6) is 0 Å². The van der Waals surface area contributed by atoms with Gasteiger partial charge in [-0.2, -0.15) is 0 Å². The van der Waals surface area contributed by atoms with E-state index < -0.39 is 6.10 Å². The molecule has 0 bridgehead atoms. The molecule has 1 heterocycles. The zero-order chi connectivity index (χ0) is 15.1. The molecule has 0 saturated heterocycles. The number of imidazole rings is 1. The fourth-order valence-corrected chi connectivity index (χ4v) is 1.99. The third-order valence-electron chi connectivity index (χ3n) is 3.29. The number of nitrogens with one attached hydrogen (secondary N) is 2. The Morgan fingerprint density at radius 3 is 2.76 bits per heavy atom. The number of nitrogens with zero attached hydrogens (tertiary/aromatic N) is 1. The summed E-state index contributed by atoms with van der Waals surface area (Å²) in [7, 11) is 0. The summed E-state index contributed by atoms with van der Waals surface area (Å²) >= 11 is 0. The summed E-state index contributed by atoms with van der Waals surface area (Å²) in [6.07, 6.45) is 3.69. The van der Waals surface area contributed by atoms with E-state index in [4.69, 9.17) is 4.74 Å². The van der Waals surface area contributed by atoms with E-state index in [1.807, 2.05) is 37.3 Å². The van der Waals surface area contributed by atoms with Crippen molar-refractivity contribution in [3.05, 3.63) is 54.1 Å². The van der Waals surface area contributed by atoms with Crippen LogP contribution in [-0.4, -0.2) is 22.0 Å². The van der Waals surface area contributed by atoms with Crippen molar-refractivity contribution in [1.82, 2.24) is 15.3 Å². The van der Waals surface area contributed by atoms with Gasteiger partial charge in [-0.15, -0.1) is 0 Å². The molecule has 112 valence electrons. The maximum Gasteiger partial charge on any atom is 0.249 e. The highest BCUT2D eigenvalue weighted by Gasteiger charge is 2.19. The van der Waals surface area contributed by atoms with Crippen LogP contribution < -0.4 is 5.32 Å². The number of carbonyl (C=O) groups excluding carboxylic acids is 1. The molecule has 0 aliphatic heterocycles. The Bertz CT molecular complexity index is 540. The van der Waals surface area contributed by atoms with Gasteiger partial charge in [0.25, 0.3) is 0 Å². The number of aromatic nitrogens is 2. The van der Waals surface area contributed by atoms with E-state index in [1.54, 1.807) is 19.3 Å². The number of H-pyrrole nitrogens is 1. The number of hydrogen-bond donors (Lipinski definition) is 2. The topological polar surface area (TPSA) is 67.0 Å². The number of benzene rings is 1.